The van der Waals surface area contributed by atoms with Crippen molar-refractivity contribution in [1.29, 1.82) is 0 Å². The second kappa shape index (κ2) is 4.31. The number of sulfonamides is 1. The highest BCUT2D eigenvalue weighted by Crippen LogP contribution is 2.30. The molecule has 0 atom stereocenters. The van der Waals surface area contributed by atoms with Gasteiger partial charge in [-0.25, -0.2) is 13.1 Å². The van der Waals surface area contributed by atoms with Crippen LogP contribution in [-0.4, -0.2) is 19.1 Å². The molecule has 0 spiro atoms. The lowest BCUT2D eigenvalue weighted by molar-refractivity contribution is 0.427. The van der Waals surface area contributed by atoms with Gasteiger partial charge in [0.1, 0.15) is 5.75 Å². The standard InChI is InChI=1S/C12H17NO3S/c1-12(8-2-3-9-12)13-17(15,16)11-6-4-10(14)5-7-11/h4-7,13-14H,2-3,8-9H2,1H3. The van der Waals surface area contributed by atoms with E-state index < -0.39 is 10.0 Å². The summed E-state index contributed by atoms with van der Waals surface area (Å²) in [5, 5.41) is 9.14. The number of benzene rings is 1. The average Bonchev–Trinajstić information content (AvgIpc) is 2.64. The number of hydrogen-bond acceptors (Lipinski definition) is 3. The predicted molar refractivity (Wildman–Crippen MR) is 65.3 cm³/mol. The Labute approximate surface area is 102 Å². The maximum atomic E-state index is 12.1. The van der Waals surface area contributed by atoms with Crippen LogP contribution in [0.25, 0.3) is 0 Å². The minimum atomic E-state index is -3.48. The molecule has 0 bridgehead atoms. The lowest BCUT2D eigenvalue weighted by Crippen LogP contribution is -2.43. The van der Waals surface area contributed by atoms with Crippen molar-refractivity contribution in [2.75, 3.05) is 0 Å². The molecule has 1 aromatic carbocycles. The summed E-state index contributed by atoms with van der Waals surface area (Å²) in [6.07, 6.45) is 3.89. The lowest BCUT2D eigenvalue weighted by atomic mass is 10.0. The fourth-order valence-electron chi connectivity index (χ4n) is 2.27. The fraction of sp³-hybridized carbons (Fsp3) is 0.500. The van der Waals surface area contributed by atoms with Gasteiger partial charge in [0.25, 0.3) is 0 Å². The van der Waals surface area contributed by atoms with E-state index >= 15 is 0 Å². The molecule has 2 N–H and O–H groups in total. The van der Waals surface area contributed by atoms with Crippen molar-refractivity contribution in [3.63, 3.8) is 0 Å². The minimum Gasteiger partial charge on any atom is -0.508 e. The Balaban J connectivity index is 2.22. The number of phenolic OH excluding ortho intramolecular Hbond substituents is 1. The van der Waals surface area contributed by atoms with E-state index in [0.29, 0.717) is 0 Å². The number of nitrogens with one attached hydrogen (secondary N) is 1. The monoisotopic (exact) mass is 255 g/mol. The molecule has 1 aliphatic carbocycles. The topological polar surface area (TPSA) is 66.4 Å². The Bertz CT molecular complexity index is 487. The van der Waals surface area contributed by atoms with Gasteiger partial charge in [-0.2, -0.15) is 0 Å². The smallest absolute Gasteiger partial charge is 0.241 e. The van der Waals surface area contributed by atoms with Gasteiger partial charge in [0.15, 0.2) is 0 Å². The molecule has 0 saturated heterocycles. The van der Waals surface area contributed by atoms with Crippen molar-refractivity contribution in [2.45, 2.75) is 43.0 Å². The number of rotatable bonds is 3. The van der Waals surface area contributed by atoms with E-state index in [0.717, 1.165) is 25.7 Å². The van der Waals surface area contributed by atoms with Gasteiger partial charge >= 0.3 is 0 Å². The molecule has 1 aromatic rings. The molecule has 0 heterocycles. The predicted octanol–water partition coefficient (Wildman–Crippen LogP) is 2.00. The van der Waals surface area contributed by atoms with Crippen LogP contribution in [0.15, 0.2) is 29.2 Å². The Kier molecular flexibility index (Phi) is 3.14. The molecule has 0 aliphatic heterocycles. The summed E-state index contributed by atoms with van der Waals surface area (Å²) in [7, 11) is -3.48. The van der Waals surface area contributed by atoms with Gasteiger partial charge in [-0.1, -0.05) is 12.8 Å². The molecule has 1 saturated carbocycles. The summed E-state index contributed by atoms with van der Waals surface area (Å²) in [5.41, 5.74) is -0.323. The zero-order valence-corrected chi connectivity index (χ0v) is 10.6. The van der Waals surface area contributed by atoms with E-state index in [2.05, 4.69) is 4.72 Å². The van der Waals surface area contributed by atoms with Crippen LogP contribution < -0.4 is 4.72 Å². The molecule has 0 amide bonds. The molecule has 94 valence electrons. The molecule has 0 aromatic heterocycles. The molecule has 4 nitrogen and oxygen atoms in total. The van der Waals surface area contributed by atoms with Gasteiger partial charge in [0, 0.05) is 5.54 Å². The van der Waals surface area contributed by atoms with Gasteiger partial charge < -0.3 is 5.11 Å². The lowest BCUT2D eigenvalue weighted by Gasteiger charge is -2.24. The van der Waals surface area contributed by atoms with E-state index in [1.165, 1.54) is 24.3 Å². The van der Waals surface area contributed by atoms with Crippen LogP contribution in [0.4, 0.5) is 0 Å². The number of phenols is 1. The molecule has 1 fully saturated rings. The van der Waals surface area contributed by atoms with Gasteiger partial charge in [-0.15, -0.1) is 0 Å². The van der Waals surface area contributed by atoms with Crippen molar-refractivity contribution < 1.29 is 13.5 Å². The summed E-state index contributed by atoms with van der Waals surface area (Å²) in [4.78, 5) is 0.198. The maximum absolute atomic E-state index is 12.1. The Hall–Kier alpha value is -1.07. The third kappa shape index (κ3) is 2.79. The Morgan fingerprint density at radius 3 is 2.24 bits per heavy atom. The molecule has 0 unspecified atom stereocenters. The van der Waals surface area contributed by atoms with Crippen LogP contribution in [0.1, 0.15) is 32.6 Å². The van der Waals surface area contributed by atoms with Crippen molar-refractivity contribution in [3.05, 3.63) is 24.3 Å². The maximum Gasteiger partial charge on any atom is 0.241 e. The number of hydrogen-bond donors (Lipinski definition) is 2. The molecule has 1 aliphatic rings. The Morgan fingerprint density at radius 1 is 1.18 bits per heavy atom. The van der Waals surface area contributed by atoms with Gasteiger partial charge in [-0.05, 0) is 44.0 Å². The van der Waals surface area contributed by atoms with Crippen molar-refractivity contribution in [1.82, 2.24) is 4.72 Å². The molecule has 17 heavy (non-hydrogen) atoms. The zero-order valence-electron chi connectivity index (χ0n) is 9.81. The van der Waals surface area contributed by atoms with E-state index in [-0.39, 0.29) is 16.2 Å². The highest BCUT2D eigenvalue weighted by Gasteiger charge is 2.33. The van der Waals surface area contributed by atoms with Crippen LogP contribution >= 0.6 is 0 Å². The zero-order chi connectivity index (χ0) is 12.5. The fourth-order valence-corrected chi connectivity index (χ4v) is 3.73. The molecular weight excluding hydrogens is 238 g/mol. The Morgan fingerprint density at radius 2 is 1.71 bits per heavy atom. The summed E-state index contributed by atoms with van der Waals surface area (Å²) in [6.45, 7) is 1.94. The molecule has 5 heteroatoms. The first kappa shape index (κ1) is 12.4. The highest BCUT2D eigenvalue weighted by molar-refractivity contribution is 7.89. The van der Waals surface area contributed by atoms with Gasteiger partial charge in [0.05, 0.1) is 4.90 Å². The minimum absolute atomic E-state index is 0.0658. The van der Waals surface area contributed by atoms with Crippen LogP contribution in [0.2, 0.25) is 0 Å². The normalized spacial score (nSPS) is 19.4. The SMILES string of the molecule is CC1(NS(=O)(=O)c2ccc(O)cc2)CCCC1. The van der Waals surface area contributed by atoms with Crippen molar-refractivity contribution >= 4 is 10.0 Å². The quantitative estimate of drug-likeness (QED) is 0.868. The largest absolute Gasteiger partial charge is 0.508 e. The van der Waals surface area contributed by atoms with Crippen LogP contribution in [0, 0.1) is 0 Å². The van der Waals surface area contributed by atoms with E-state index in [9.17, 15) is 8.42 Å². The van der Waals surface area contributed by atoms with Crippen molar-refractivity contribution in [2.24, 2.45) is 0 Å². The molecule has 0 radical (unpaired) electrons. The first-order valence-corrected chi connectivity index (χ1v) is 7.23. The van der Waals surface area contributed by atoms with Crippen LogP contribution in [0.5, 0.6) is 5.75 Å². The molecular formula is C12H17NO3S. The van der Waals surface area contributed by atoms with E-state index in [1.54, 1.807) is 0 Å². The van der Waals surface area contributed by atoms with Crippen LogP contribution in [0.3, 0.4) is 0 Å². The second-order valence-electron chi connectivity index (χ2n) is 4.87. The summed E-state index contributed by atoms with van der Waals surface area (Å²) >= 11 is 0. The van der Waals surface area contributed by atoms with Gasteiger partial charge in [0.2, 0.25) is 10.0 Å². The van der Waals surface area contributed by atoms with Crippen LogP contribution in [-0.2, 0) is 10.0 Å². The summed E-state index contributed by atoms with van der Waals surface area (Å²) < 4.78 is 27.0. The van der Waals surface area contributed by atoms with E-state index in [1.807, 2.05) is 6.92 Å². The number of aromatic hydroxyl groups is 1. The van der Waals surface area contributed by atoms with E-state index in [4.69, 9.17) is 5.11 Å². The summed E-state index contributed by atoms with van der Waals surface area (Å²) in [5.74, 6) is 0.0658. The average molecular weight is 255 g/mol. The first-order chi connectivity index (χ1) is 7.91. The second-order valence-corrected chi connectivity index (χ2v) is 6.55. The third-order valence-corrected chi connectivity index (χ3v) is 4.89. The van der Waals surface area contributed by atoms with Crippen molar-refractivity contribution in [3.8, 4) is 5.75 Å². The van der Waals surface area contributed by atoms with Gasteiger partial charge in [-0.3, -0.25) is 0 Å². The highest BCUT2D eigenvalue weighted by atomic mass is 32.2. The third-order valence-electron chi connectivity index (χ3n) is 3.23. The first-order valence-electron chi connectivity index (χ1n) is 5.74. The molecule has 2 rings (SSSR count). The summed E-state index contributed by atoms with van der Waals surface area (Å²) in [6, 6.07) is 5.59.